The number of ether oxygens (including phenoxy) is 1. The normalized spacial score (nSPS) is 10.2. The van der Waals surface area contributed by atoms with Gasteiger partial charge >= 0.3 is 0 Å². The summed E-state index contributed by atoms with van der Waals surface area (Å²) >= 11 is 1.06. The van der Waals surface area contributed by atoms with Gasteiger partial charge in [-0.15, -0.1) is 5.10 Å². The molecule has 0 saturated carbocycles. The van der Waals surface area contributed by atoms with Crippen molar-refractivity contribution in [1.82, 2.24) is 15.0 Å². The number of amides is 1. The van der Waals surface area contributed by atoms with E-state index in [-0.39, 0.29) is 11.6 Å². The molecule has 1 heterocycles. The van der Waals surface area contributed by atoms with Crippen LogP contribution in [0.4, 0.5) is 5.69 Å². The van der Waals surface area contributed by atoms with Crippen LogP contribution >= 0.6 is 11.8 Å². The summed E-state index contributed by atoms with van der Waals surface area (Å²) in [4.78, 5) is 13.3. The van der Waals surface area contributed by atoms with Gasteiger partial charge in [0.15, 0.2) is 5.69 Å². The molecule has 0 unspecified atom stereocenters. The average Bonchev–Trinajstić information content (AvgIpc) is 3.05. The number of carbonyl (C=O) groups is 1. The topological polar surface area (TPSA) is 92.8 Å². The molecule has 130 valence electrons. The van der Waals surface area contributed by atoms with Gasteiger partial charge in [0.05, 0.1) is 18.5 Å². The van der Waals surface area contributed by atoms with Crippen LogP contribution in [-0.2, 0) is 0 Å². The van der Waals surface area contributed by atoms with Crippen LogP contribution < -0.4 is 10.1 Å². The van der Waals surface area contributed by atoms with E-state index in [1.807, 2.05) is 29.7 Å². The van der Waals surface area contributed by atoms with Crippen LogP contribution in [0.2, 0.25) is 0 Å². The number of carbonyl (C=O) groups excluding carboxylic acids is 1. The van der Waals surface area contributed by atoms with Crippen molar-refractivity contribution in [2.45, 2.75) is 11.8 Å². The quantitative estimate of drug-likeness (QED) is 0.550. The highest BCUT2D eigenvalue weighted by Crippen LogP contribution is 2.20. The van der Waals surface area contributed by atoms with Crippen molar-refractivity contribution in [2.24, 2.45) is 0 Å². The fraction of sp³-hybridized carbons (Fsp3) is 0.111. The lowest BCUT2D eigenvalue weighted by atomic mass is 10.2. The number of methoxy groups -OCH3 is 1. The molecule has 0 aliphatic heterocycles. The molecule has 3 rings (SSSR count). The van der Waals surface area contributed by atoms with Crippen LogP contribution in [0.1, 0.15) is 16.2 Å². The lowest BCUT2D eigenvalue weighted by molar-refractivity contribution is 0.102. The van der Waals surface area contributed by atoms with E-state index in [1.165, 1.54) is 0 Å². The Labute approximate surface area is 154 Å². The Bertz CT molecular complexity index is 959. The van der Waals surface area contributed by atoms with Gasteiger partial charge in [0, 0.05) is 10.6 Å². The maximum absolute atomic E-state index is 12.5. The molecular weight excluding hydrogens is 350 g/mol. The number of thiocyanates is 1. The molecule has 0 fully saturated rings. The summed E-state index contributed by atoms with van der Waals surface area (Å²) in [6, 6.07) is 14.3. The first kappa shape index (κ1) is 17.5. The number of anilines is 1. The molecule has 3 aromatic rings. The van der Waals surface area contributed by atoms with Gasteiger partial charge in [0.1, 0.15) is 11.2 Å². The highest BCUT2D eigenvalue weighted by Gasteiger charge is 2.17. The molecule has 0 aliphatic carbocycles. The third kappa shape index (κ3) is 3.68. The number of hydrogen-bond acceptors (Lipinski definition) is 6. The predicted molar refractivity (Wildman–Crippen MR) is 98.5 cm³/mol. The van der Waals surface area contributed by atoms with E-state index in [1.54, 1.807) is 43.0 Å². The number of nitrogens with one attached hydrogen (secondary N) is 1. The molecule has 0 spiro atoms. The highest BCUT2D eigenvalue weighted by molar-refractivity contribution is 8.03. The van der Waals surface area contributed by atoms with Crippen LogP contribution in [0.3, 0.4) is 0 Å². The van der Waals surface area contributed by atoms with Gasteiger partial charge in [-0.2, -0.15) is 5.26 Å². The number of aromatic nitrogens is 3. The number of hydrogen-bond donors (Lipinski definition) is 1. The first-order valence-electron chi connectivity index (χ1n) is 7.66. The third-order valence-electron chi connectivity index (χ3n) is 3.70. The van der Waals surface area contributed by atoms with Gasteiger partial charge in [-0.25, -0.2) is 4.68 Å². The van der Waals surface area contributed by atoms with E-state index in [2.05, 4.69) is 15.6 Å². The molecule has 0 aliphatic rings. The number of nitriles is 1. The van der Waals surface area contributed by atoms with E-state index in [4.69, 9.17) is 10.00 Å². The molecule has 0 saturated heterocycles. The van der Waals surface area contributed by atoms with Crippen molar-refractivity contribution in [3.05, 3.63) is 59.9 Å². The molecule has 1 amide bonds. The lowest BCUT2D eigenvalue weighted by Gasteiger charge is -2.06. The molecule has 0 bridgehead atoms. The number of rotatable bonds is 5. The Hall–Kier alpha value is -3.31. The van der Waals surface area contributed by atoms with Crippen LogP contribution in [-0.4, -0.2) is 28.0 Å². The second-order valence-corrected chi connectivity index (χ2v) is 6.16. The first-order valence-corrected chi connectivity index (χ1v) is 8.48. The number of benzene rings is 2. The largest absolute Gasteiger partial charge is 0.497 e. The fourth-order valence-corrected chi connectivity index (χ4v) is 2.73. The second kappa shape index (κ2) is 7.72. The zero-order valence-electron chi connectivity index (χ0n) is 14.1. The van der Waals surface area contributed by atoms with Crippen molar-refractivity contribution in [1.29, 1.82) is 5.26 Å². The Morgan fingerprint density at radius 3 is 2.50 bits per heavy atom. The van der Waals surface area contributed by atoms with E-state index >= 15 is 0 Å². The molecule has 1 aromatic heterocycles. The summed E-state index contributed by atoms with van der Waals surface area (Å²) < 4.78 is 6.74. The van der Waals surface area contributed by atoms with Gasteiger partial charge in [-0.1, -0.05) is 5.21 Å². The Balaban J connectivity index is 1.78. The van der Waals surface area contributed by atoms with Crippen LogP contribution in [0.15, 0.2) is 53.4 Å². The van der Waals surface area contributed by atoms with Crippen molar-refractivity contribution < 1.29 is 9.53 Å². The number of thioether (sulfide) groups is 1. The minimum Gasteiger partial charge on any atom is -0.497 e. The standard InChI is InChI=1S/C18H15N5O2S/c1-12-17(18(24)20-13-3-9-16(10-4-13)26-11-19)21-22-23(12)14-5-7-15(25-2)8-6-14/h3-10H,1-2H3,(H,20,24). The lowest BCUT2D eigenvalue weighted by Crippen LogP contribution is -2.14. The van der Waals surface area contributed by atoms with Gasteiger partial charge in [0.2, 0.25) is 0 Å². The molecule has 8 heteroatoms. The van der Waals surface area contributed by atoms with Gasteiger partial charge in [-0.05, 0) is 67.2 Å². The number of nitrogens with zero attached hydrogens (tertiary/aromatic N) is 4. The Morgan fingerprint density at radius 1 is 1.19 bits per heavy atom. The minimum absolute atomic E-state index is 0.247. The Morgan fingerprint density at radius 2 is 1.88 bits per heavy atom. The molecule has 1 N–H and O–H groups in total. The summed E-state index contributed by atoms with van der Waals surface area (Å²) in [5.41, 5.74) is 2.28. The summed E-state index contributed by atoms with van der Waals surface area (Å²) in [6.07, 6.45) is 0. The van der Waals surface area contributed by atoms with Crippen molar-refractivity contribution >= 4 is 23.4 Å². The maximum atomic E-state index is 12.5. The van der Waals surface area contributed by atoms with E-state index in [9.17, 15) is 4.79 Å². The molecule has 7 nitrogen and oxygen atoms in total. The molecular formula is C18H15N5O2S. The van der Waals surface area contributed by atoms with E-state index < -0.39 is 0 Å². The fourth-order valence-electron chi connectivity index (χ4n) is 2.36. The van der Waals surface area contributed by atoms with Gasteiger partial charge in [0.25, 0.3) is 5.91 Å². The Kier molecular flexibility index (Phi) is 5.20. The van der Waals surface area contributed by atoms with Crippen LogP contribution in [0.5, 0.6) is 5.75 Å². The van der Waals surface area contributed by atoms with Crippen LogP contribution in [0.25, 0.3) is 5.69 Å². The smallest absolute Gasteiger partial charge is 0.278 e. The predicted octanol–water partition coefficient (Wildman–Crippen LogP) is 3.41. The third-order valence-corrected chi connectivity index (χ3v) is 4.30. The average molecular weight is 365 g/mol. The van der Waals surface area contributed by atoms with Crippen molar-refractivity contribution in [3.8, 4) is 16.8 Å². The van der Waals surface area contributed by atoms with Crippen LogP contribution in [0, 0.1) is 17.6 Å². The first-order chi connectivity index (χ1) is 12.6. The van der Waals surface area contributed by atoms with Gasteiger partial charge < -0.3 is 10.1 Å². The molecule has 0 radical (unpaired) electrons. The van der Waals surface area contributed by atoms with Crippen molar-refractivity contribution in [2.75, 3.05) is 12.4 Å². The zero-order chi connectivity index (χ0) is 18.5. The second-order valence-electron chi connectivity index (χ2n) is 5.31. The summed E-state index contributed by atoms with van der Waals surface area (Å²) in [5, 5.41) is 21.5. The van der Waals surface area contributed by atoms with Crippen molar-refractivity contribution in [3.63, 3.8) is 0 Å². The molecule has 26 heavy (non-hydrogen) atoms. The monoisotopic (exact) mass is 365 g/mol. The zero-order valence-corrected chi connectivity index (χ0v) is 14.9. The minimum atomic E-state index is -0.344. The van der Waals surface area contributed by atoms with E-state index in [0.29, 0.717) is 11.4 Å². The van der Waals surface area contributed by atoms with Gasteiger partial charge in [-0.3, -0.25) is 4.79 Å². The van der Waals surface area contributed by atoms with E-state index in [0.717, 1.165) is 28.1 Å². The highest BCUT2D eigenvalue weighted by atomic mass is 32.2. The summed E-state index contributed by atoms with van der Waals surface area (Å²) in [5.74, 6) is 0.394. The summed E-state index contributed by atoms with van der Waals surface area (Å²) in [6.45, 7) is 1.78. The molecule has 0 atom stereocenters. The molecule has 2 aromatic carbocycles. The maximum Gasteiger partial charge on any atom is 0.278 e. The summed E-state index contributed by atoms with van der Waals surface area (Å²) in [7, 11) is 1.60. The SMILES string of the molecule is COc1ccc(-n2nnc(C(=O)Nc3ccc(SC#N)cc3)c2C)cc1.